The summed E-state index contributed by atoms with van der Waals surface area (Å²) in [5.41, 5.74) is 2.43. The van der Waals surface area contributed by atoms with Crippen molar-refractivity contribution in [3.63, 3.8) is 0 Å². The molecule has 0 saturated carbocycles. The van der Waals surface area contributed by atoms with Gasteiger partial charge in [0, 0.05) is 24.6 Å². The average Bonchev–Trinajstić information content (AvgIpc) is 2.75. The van der Waals surface area contributed by atoms with Crippen molar-refractivity contribution in [1.29, 1.82) is 0 Å². The lowest BCUT2D eigenvalue weighted by atomic mass is 10.1. The number of amides is 2. The molecule has 0 aliphatic rings. The van der Waals surface area contributed by atoms with Crippen molar-refractivity contribution in [1.82, 2.24) is 10.3 Å². The molecule has 0 aliphatic carbocycles. The van der Waals surface area contributed by atoms with Gasteiger partial charge in [0.05, 0.1) is 18.2 Å². The molecule has 0 spiro atoms. The van der Waals surface area contributed by atoms with Gasteiger partial charge in [-0.1, -0.05) is 30.3 Å². The molecule has 1 aromatic heterocycles. The molecule has 142 valence electrons. The van der Waals surface area contributed by atoms with Gasteiger partial charge in [-0.05, 0) is 42.3 Å². The first-order valence-corrected chi connectivity index (χ1v) is 8.88. The van der Waals surface area contributed by atoms with Gasteiger partial charge >= 0.3 is 0 Å². The van der Waals surface area contributed by atoms with E-state index >= 15 is 0 Å². The van der Waals surface area contributed by atoms with Crippen molar-refractivity contribution in [3.8, 4) is 5.75 Å². The number of nitrogens with one attached hydrogen (secondary N) is 2. The Balaban J connectivity index is 1.58. The summed E-state index contributed by atoms with van der Waals surface area (Å²) >= 11 is 0. The first-order chi connectivity index (χ1) is 13.7. The number of methoxy groups -OCH3 is 1. The van der Waals surface area contributed by atoms with Gasteiger partial charge in [-0.3, -0.25) is 14.6 Å². The molecule has 2 amide bonds. The fraction of sp³-hybridized carbons (Fsp3) is 0.136. The van der Waals surface area contributed by atoms with Crippen molar-refractivity contribution in [3.05, 3.63) is 89.7 Å². The highest BCUT2D eigenvalue weighted by molar-refractivity contribution is 6.05. The van der Waals surface area contributed by atoms with Crippen LogP contribution in [0, 0.1) is 0 Å². The van der Waals surface area contributed by atoms with E-state index in [0.717, 1.165) is 12.0 Å². The minimum atomic E-state index is -0.336. The minimum Gasteiger partial charge on any atom is -0.497 e. The second-order valence-corrected chi connectivity index (χ2v) is 6.14. The third-order valence-electron chi connectivity index (χ3n) is 4.15. The van der Waals surface area contributed by atoms with Crippen molar-refractivity contribution in [2.75, 3.05) is 19.0 Å². The van der Waals surface area contributed by atoms with Crippen LogP contribution in [0.5, 0.6) is 5.75 Å². The summed E-state index contributed by atoms with van der Waals surface area (Å²) in [6.07, 6.45) is 3.61. The van der Waals surface area contributed by atoms with E-state index in [-0.39, 0.29) is 11.8 Å². The predicted octanol–water partition coefficient (Wildman–Crippen LogP) is 3.32. The molecule has 0 radical (unpaired) electrons. The monoisotopic (exact) mass is 375 g/mol. The Morgan fingerprint density at radius 2 is 1.61 bits per heavy atom. The lowest BCUT2D eigenvalue weighted by Crippen LogP contribution is -2.26. The smallest absolute Gasteiger partial charge is 0.257 e. The number of nitrogens with zero attached hydrogens (tertiary/aromatic N) is 1. The molecule has 3 rings (SSSR count). The molecule has 2 N–H and O–H groups in total. The van der Waals surface area contributed by atoms with Crippen molar-refractivity contribution < 1.29 is 14.3 Å². The Morgan fingerprint density at radius 1 is 0.929 bits per heavy atom. The molecular weight excluding hydrogens is 354 g/mol. The van der Waals surface area contributed by atoms with Gasteiger partial charge in [0.2, 0.25) is 0 Å². The van der Waals surface area contributed by atoms with Gasteiger partial charge in [0.1, 0.15) is 5.75 Å². The normalized spacial score (nSPS) is 10.2. The molecule has 2 aromatic carbocycles. The maximum atomic E-state index is 12.4. The van der Waals surface area contributed by atoms with Crippen LogP contribution in [0.4, 0.5) is 5.69 Å². The van der Waals surface area contributed by atoms with Crippen LogP contribution < -0.4 is 15.4 Å². The fourth-order valence-corrected chi connectivity index (χ4v) is 2.63. The van der Waals surface area contributed by atoms with Crippen LogP contribution in [0.2, 0.25) is 0 Å². The van der Waals surface area contributed by atoms with Crippen LogP contribution in [-0.4, -0.2) is 30.5 Å². The predicted molar refractivity (Wildman–Crippen MR) is 108 cm³/mol. The quantitative estimate of drug-likeness (QED) is 0.664. The molecule has 28 heavy (non-hydrogen) atoms. The van der Waals surface area contributed by atoms with Crippen molar-refractivity contribution in [2.45, 2.75) is 6.42 Å². The van der Waals surface area contributed by atoms with E-state index in [4.69, 9.17) is 4.74 Å². The number of carbonyl (C=O) groups excluding carboxylic acids is 2. The number of rotatable bonds is 7. The van der Waals surface area contributed by atoms with E-state index in [2.05, 4.69) is 15.6 Å². The molecule has 0 fully saturated rings. The Labute approximate surface area is 163 Å². The summed E-state index contributed by atoms with van der Waals surface area (Å²) in [5, 5.41) is 5.63. The van der Waals surface area contributed by atoms with Gasteiger partial charge in [0.25, 0.3) is 11.8 Å². The van der Waals surface area contributed by atoms with E-state index in [0.29, 0.717) is 29.1 Å². The van der Waals surface area contributed by atoms with Crippen LogP contribution in [0.3, 0.4) is 0 Å². The fourth-order valence-electron chi connectivity index (χ4n) is 2.63. The van der Waals surface area contributed by atoms with Gasteiger partial charge < -0.3 is 15.4 Å². The maximum Gasteiger partial charge on any atom is 0.257 e. The Hall–Kier alpha value is -3.67. The average molecular weight is 375 g/mol. The number of carbonyl (C=O) groups is 2. The molecule has 1 heterocycles. The number of ether oxygens (including phenoxy) is 1. The Morgan fingerprint density at radius 3 is 2.29 bits per heavy atom. The van der Waals surface area contributed by atoms with Crippen molar-refractivity contribution >= 4 is 17.5 Å². The zero-order valence-corrected chi connectivity index (χ0v) is 15.5. The standard InChI is InChI=1S/C22H21N3O3/c1-28-20-9-7-19(8-10-20)25-22(27)18-13-17(14-23-15-18)21(26)24-12-11-16-5-3-2-4-6-16/h2-10,13-15H,11-12H2,1H3,(H,24,26)(H,25,27). The number of pyridine rings is 1. The lowest BCUT2D eigenvalue weighted by molar-refractivity contribution is 0.0953. The van der Waals surface area contributed by atoms with Crippen LogP contribution in [0.15, 0.2) is 73.1 Å². The second-order valence-electron chi connectivity index (χ2n) is 6.14. The summed E-state index contributed by atoms with van der Waals surface area (Å²) in [5.74, 6) is 0.105. The highest BCUT2D eigenvalue weighted by Crippen LogP contribution is 2.16. The van der Waals surface area contributed by atoms with Gasteiger partial charge in [-0.2, -0.15) is 0 Å². The summed E-state index contributed by atoms with van der Waals surface area (Å²) in [6.45, 7) is 0.505. The Bertz CT molecular complexity index is 941. The summed E-state index contributed by atoms with van der Waals surface area (Å²) in [4.78, 5) is 28.8. The molecule has 6 heteroatoms. The minimum absolute atomic E-state index is 0.262. The van der Waals surface area contributed by atoms with Crippen LogP contribution in [0.25, 0.3) is 0 Å². The molecule has 0 bridgehead atoms. The first kappa shape index (κ1) is 19.1. The molecule has 0 unspecified atom stereocenters. The van der Waals surface area contributed by atoms with E-state index < -0.39 is 0 Å². The number of anilines is 1. The first-order valence-electron chi connectivity index (χ1n) is 8.88. The molecule has 0 aliphatic heterocycles. The van der Waals surface area contributed by atoms with Crippen LogP contribution in [-0.2, 0) is 6.42 Å². The number of benzene rings is 2. The molecule has 0 saturated heterocycles. The van der Waals surface area contributed by atoms with E-state index in [9.17, 15) is 9.59 Å². The van der Waals surface area contributed by atoms with Crippen molar-refractivity contribution in [2.24, 2.45) is 0 Å². The molecule has 0 atom stereocenters. The summed E-state index contributed by atoms with van der Waals surface area (Å²) < 4.78 is 5.09. The topological polar surface area (TPSA) is 80.3 Å². The van der Waals surface area contributed by atoms with E-state index in [1.807, 2.05) is 30.3 Å². The summed E-state index contributed by atoms with van der Waals surface area (Å²) in [7, 11) is 1.58. The third-order valence-corrected chi connectivity index (χ3v) is 4.15. The van der Waals surface area contributed by atoms with E-state index in [1.54, 1.807) is 31.4 Å². The third kappa shape index (κ3) is 5.17. The highest BCUT2D eigenvalue weighted by Gasteiger charge is 2.11. The molecular formula is C22H21N3O3. The SMILES string of the molecule is COc1ccc(NC(=O)c2cncc(C(=O)NCCc3ccccc3)c2)cc1. The number of hydrogen-bond acceptors (Lipinski definition) is 4. The van der Waals surface area contributed by atoms with Crippen LogP contribution in [0.1, 0.15) is 26.3 Å². The van der Waals surface area contributed by atoms with E-state index in [1.165, 1.54) is 18.5 Å². The lowest BCUT2D eigenvalue weighted by Gasteiger charge is -2.08. The zero-order valence-electron chi connectivity index (χ0n) is 15.5. The highest BCUT2D eigenvalue weighted by atomic mass is 16.5. The molecule has 6 nitrogen and oxygen atoms in total. The number of aromatic nitrogens is 1. The van der Waals surface area contributed by atoms with Crippen LogP contribution >= 0.6 is 0 Å². The maximum absolute atomic E-state index is 12.4. The molecule has 3 aromatic rings. The second kappa shape index (κ2) is 9.32. The summed E-state index contributed by atoms with van der Waals surface area (Å²) in [6, 6.07) is 18.4. The largest absolute Gasteiger partial charge is 0.497 e. The number of hydrogen-bond donors (Lipinski definition) is 2. The van der Waals surface area contributed by atoms with Gasteiger partial charge in [0.15, 0.2) is 0 Å². The Kier molecular flexibility index (Phi) is 6.36. The zero-order chi connectivity index (χ0) is 19.8. The van der Waals surface area contributed by atoms with Gasteiger partial charge in [-0.25, -0.2) is 0 Å². The van der Waals surface area contributed by atoms with Gasteiger partial charge in [-0.15, -0.1) is 0 Å².